The first kappa shape index (κ1) is 17.5. The molecule has 3 heterocycles. The van der Waals surface area contributed by atoms with Gasteiger partial charge in [-0.1, -0.05) is 13.8 Å². The average molecular weight is 342 g/mol. The Morgan fingerprint density at radius 1 is 1.45 bits per heavy atom. The molecule has 6 heteroatoms. The predicted octanol–water partition coefficient (Wildman–Crippen LogP) is 3.69. The Morgan fingerprint density at radius 3 is 2.86 bits per heavy atom. The van der Waals surface area contributed by atoms with Gasteiger partial charge in [0.05, 0.1) is 0 Å². The first-order chi connectivity index (χ1) is 9.94. The van der Waals surface area contributed by atoms with E-state index in [0.717, 1.165) is 42.6 Å². The van der Waals surface area contributed by atoms with Crippen molar-refractivity contribution in [3.63, 3.8) is 0 Å². The number of thiazole rings is 1. The standard InChI is InChI=1S/C16H23N3OS.ClH/c1-11-4-5-13(20-11)15-18-8-12(21-15)9-19-7-6-14(17)16(2,3)10-19;/h4-5,8,14H,6-7,9-10,17H2,1-3H3;1H. The number of aromatic nitrogens is 1. The van der Waals surface area contributed by atoms with Crippen LogP contribution in [0.5, 0.6) is 0 Å². The molecule has 1 saturated heterocycles. The van der Waals surface area contributed by atoms with Crippen molar-refractivity contribution in [1.29, 1.82) is 0 Å². The van der Waals surface area contributed by atoms with E-state index in [9.17, 15) is 0 Å². The molecule has 2 N–H and O–H groups in total. The number of hydrogen-bond donors (Lipinski definition) is 1. The van der Waals surface area contributed by atoms with Gasteiger partial charge in [0.1, 0.15) is 5.76 Å². The van der Waals surface area contributed by atoms with Crippen LogP contribution in [0.15, 0.2) is 22.7 Å². The summed E-state index contributed by atoms with van der Waals surface area (Å²) < 4.78 is 5.64. The minimum atomic E-state index is 0. The van der Waals surface area contributed by atoms with Crippen LogP contribution in [-0.4, -0.2) is 29.0 Å². The molecule has 2 aromatic heterocycles. The fraction of sp³-hybridized carbons (Fsp3) is 0.562. The van der Waals surface area contributed by atoms with Gasteiger partial charge in [0.2, 0.25) is 0 Å². The lowest BCUT2D eigenvalue weighted by Gasteiger charge is -2.42. The molecule has 0 aliphatic carbocycles. The van der Waals surface area contributed by atoms with E-state index in [1.165, 1.54) is 4.88 Å². The van der Waals surface area contributed by atoms with E-state index in [2.05, 4.69) is 23.7 Å². The molecule has 0 spiro atoms. The lowest BCUT2D eigenvalue weighted by atomic mass is 9.80. The van der Waals surface area contributed by atoms with Crippen LogP contribution in [0.1, 0.15) is 30.9 Å². The number of nitrogens with two attached hydrogens (primary N) is 1. The van der Waals surface area contributed by atoms with E-state index in [1.54, 1.807) is 11.3 Å². The molecule has 1 atom stereocenters. The van der Waals surface area contributed by atoms with E-state index in [1.807, 2.05) is 25.3 Å². The van der Waals surface area contributed by atoms with Gasteiger partial charge >= 0.3 is 0 Å². The van der Waals surface area contributed by atoms with Crippen LogP contribution in [0.25, 0.3) is 10.8 Å². The second-order valence-electron chi connectivity index (χ2n) is 6.64. The highest BCUT2D eigenvalue weighted by atomic mass is 35.5. The zero-order valence-corrected chi connectivity index (χ0v) is 15.0. The first-order valence-corrected chi connectivity index (χ1v) is 8.25. The van der Waals surface area contributed by atoms with Gasteiger partial charge in [0.15, 0.2) is 10.8 Å². The minimum Gasteiger partial charge on any atom is -0.459 e. The van der Waals surface area contributed by atoms with Crippen molar-refractivity contribution in [1.82, 2.24) is 9.88 Å². The number of piperidine rings is 1. The highest BCUT2D eigenvalue weighted by Gasteiger charge is 2.33. The molecule has 1 unspecified atom stereocenters. The Kier molecular flexibility index (Phi) is 5.33. The Morgan fingerprint density at radius 2 is 2.23 bits per heavy atom. The summed E-state index contributed by atoms with van der Waals surface area (Å²) in [5, 5.41) is 0.964. The van der Waals surface area contributed by atoms with Gasteiger partial charge < -0.3 is 10.2 Å². The van der Waals surface area contributed by atoms with Gasteiger partial charge in [0.25, 0.3) is 0 Å². The number of aryl methyl sites for hydroxylation is 1. The minimum absolute atomic E-state index is 0. The lowest BCUT2D eigenvalue weighted by Crippen LogP contribution is -2.51. The molecule has 1 aliphatic heterocycles. The second-order valence-corrected chi connectivity index (χ2v) is 7.75. The summed E-state index contributed by atoms with van der Waals surface area (Å²) in [6, 6.07) is 4.27. The van der Waals surface area contributed by atoms with Gasteiger partial charge in [-0.15, -0.1) is 23.7 Å². The maximum atomic E-state index is 6.20. The third-order valence-corrected chi connectivity index (χ3v) is 5.27. The van der Waals surface area contributed by atoms with Crippen molar-refractivity contribution in [2.45, 2.75) is 39.8 Å². The summed E-state index contributed by atoms with van der Waals surface area (Å²) in [5.41, 5.74) is 6.39. The summed E-state index contributed by atoms with van der Waals surface area (Å²) in [7, 11) is 0. The third-order valence-electron chi connectivity index (χ3n) is 4.28. The van der Waals surface area contributed by atoms with Crippen LogP contribution < -0.4 is 5.73 Å². The highest BCUT2D eigenvalue weighted by Crippen LogP contribution is 2.31. The van der Waals surface area contributed by atoms with E-state index < -0.39 is 0 Å². The van der Waals surface area contributed by atoms with E-state index in [4.69, 9.17) is 10.2 Å². The third kappa shape index (κ3) is 3.71. The van der Waals surface area contributed by atoms with Gasteiger partial charge in [-0.25, -0.2) is 4.98 Å². The fourth-order valence-corrected chi connectivity index (χ4v) is 3.80. The molecule has 0 aromatic carbocycles. The molecule has 1 fully saturated rings. The summed E-state index contributed by atoms with van der Waals surface area (Å²) in [6.07, 6.45) is 3.04. The van der Waals surface area contributed by atoms with Gasteiger partial charge in [-0.05, 0) is 30.9 Å². The summed E-state index contributed by atoms with van der Waals surface area (Å²) in [5.74, 6) is 1.79. The zero-order valence-electron chi connectivity index (χ0n) is 13.3. The average Bonchev–Trinajstić information content (AvgIpc) is 3.02. The van der Waals surface area contributed by atoms with Gasteiger partial charge in [0, 0.05) is 36.8 Å². The monoisotopic (exact) mass is 341 g/mol. The van der Waals surface area contributed by atoms with Crippen molar-refractivity contribution in [3.05, 3.63) is 29.0 Å². The SMILES string of the molecule is Cc1ccc(-c2ncc(CN3CCC(N)C(C)(C)C3)s2)o1.Cl. The smallest absolute Gasteiger partial charge is 0.162 e. The molecule has 122 valence electrons. The second kappa shape index (κ2) is 6.71. The number of furan rings is 1. The molecular formula is C16H24ClN3OS. The normalized spacial score (nSPS) is 21.5. The molecule has 4 nitrogen and oxygen atoms in total. The Balaban J connectivity index is 0.00000176. The molecule has 1 aliphatic rings. The predicted molar refractivity (Wildman–Crippen MR) is 93.5 cm³/mol. The van der Waals surface area contributed by atoms with Gasteiger partial charge in [-0.3, -0.25) is 4.90 Å². The molecular weight excluding hydrogens is 318 g/mol. The van der Waals surface area contributed by atoms with Crippen molar-refractivity contribution >= 4 is 23.7 Å². The molecule has 2 aromatic rings. The van der Waals surface area contributed by atoms with Crippen molar-refractivity contribution in [2.75, 3.05) is 13.1 Å². The quantitative estimate of drug-likeness (QED) is 0.925. The molecule has 0 bridgehead atoms. The Bertz CT molecular complexity index is 622. The van der Waals surface area contributed by atoms with Crippen LogP contribution in [0.2, 0.25) is 0 Å². The number of hydrogen-bond acceptors (Lipinski definition) is 5. The number of halogens is 1. The topological polar surface area (TPSA) is 55.3 Å². The van der Waals surface area contributed by atoms with Crippen molar-refractivity contribution in [2.24, 2.45) is 11.1 Å². The summed E-state index contributed by atoms with van der Waals surface area (Å²) in [6.45, 7) is 9.53. The van der Waals surface area contributed by atoms with Crippen LogP contribution in [0, 0.1) is 12.3 Å². The fourth-order valence-electron chi connectivity index (χ4n) is 2.88. The first-order valence-electron chi connectivity index (χ1n) is 7.43. The van der Waals surface area contributed by atoms with E-state index >= 15 is 0 Å². The molecule has 0 radical (unpaired) electrons. The van der Waals surface area contributed by atoms with E-state index in [0.29, 0.717) is 6.04 Å². The molecule has 22 heavy (non-hydrogen) atoms. The van der Waals surface area contributed by atoms with E-state index in [-0.39, 0.29) is 17.8 Å². The van der Waals surface area contributed by atoms with Crippen LogP contribution >= 0.6 is 23.7 Å². The maximum absolute atomic E-state index is 6.20. The largest absolute Gasteiger partial charge is 0.459 e. The van der Waals surface area contributed by atoms with Crippen molar-refractivity contribution < 1.29 is 4.42 Å². The highest BCUT2D eigenvalue weighted by molar-refractivity contribution is 7.14. The Labute approximate surface area is 142 Å². The number of rotatable bonds is 3. The lowest BCUT2D eigenvalue weighted by molar-refractivity contribution is 0.0906. The molecule has 0 amide bonds. The van der Waals surface area contributed by atoms with Crippen LogP contribution in [-0.2, 0) is 6.54 Å². The molecule has 3 rings (SSSR count). The van der Waals surface area contributed by atoms with Crippen LogP contribution in [0.3, 0.4) is 0 Å². The van der Waals surface area contributed by atoms with Crippen LogP contribution in [0.4, 0.5) is 0 Å². The number of nitrogens with zero attached hydrogens (tertiary/aromatic N) is 2. The maximum Gasteiger partial charge on any atom is 0.162 e. The Hall–Kier alpha value is -0.880. The summed E-state index contributed by atoms with van der Waals surface area (Å²) in [4.78, 5) is 8.25. The van der Waals surface area contributed by atoms with Crippen molar-refractivity contribution in [3.8, 4) is 10.8 Å². The zero-order chi connectivity index (χ0) is 15.0. The number of likely N-dealkylation sites (tertiary alicyclic amines) is 1. The molecule has 0 saturated carbocycles. The van der Waals surface area contributed by atoms with Gasteiger partial charge in [-0.2, -0.15) is 0 Å². The summed E-state index contributed by atoms with van der Waals surface area (Å²) >= 11 is 1.72.